The zero-order chi connectivity index (χ0) is 18.8. The first kappa shape index (κ1) is 17.9. The van der Waals surface area contributed by atoms with Gasteiger partial charge in [-0.3, -0.25) is 4.79 Å². The average Bonchev–Trinajstić information content (AvgIpc) is 3.18. The fraction of sp³-hybridized carbons (Fsp3) is 0.429. The molecule has 2 atom stereocenters. The molecule has 1 amide bonds. The molecule has 0 radical (unpaired) electrons. The summed E-state index contributed by atoms with van der Waals surface area (Å²) in [5.41, 5.74) is 4.11. The molecule has 2 unspecified atom stereocenters. The summed E-state index contributed by atoms with van der Waals surface area (Å²) in [6.07, 6.45) is 2.24. The van der Waals surface area contributed by atoms with Gasteiger partial charge in [-0.1, -0.05) is 30.3 Å². The molecule has 2 N–H and O–H groups in total. The van der Waals surface area contributed by atoms with Crippen LogP contribution in [0.3, 0.4) is 0 Å². The van der Waals surface area contributed by atoms with Crippen molar-refractivity contribution in [3.05, 3.63) is 53.2 Å². The van der Waals surface area contributed by atoms with Gasteiger partial charge in [-0.2, -0.15) is 0 Å². The van der Waals surface area contributed by atoms with Crippen LogP contribution < -0.4 is 20.3 Å². The van der Waals surface area contributed by atoms with Crippen LogP contribution in [0.4, 0.5) is 5.69 Å². The molecule has 2 aliphatic heterocycles. The highest BCUT2D eigenvalue weighted by Gasteiger charge is 2.29. The lowest BCUT2D eigenvalue weighted by molar-refractivity contribution is -0.118. The van der Waals surface area contributed by atoms with Crippen LogP contribution in [0.15, 0.2) is 36.4 Å². The quantitative estimate of drug-likeness (QED) is 0.849. The number of nitrogens with zero attached hydrogens (tertiary/aromatic N) is 2. The number of nitrogens with one attached hydrogen (secondary N) is 2. The largest absolute Gasteiger partial charge is 0.481 e. The van der Waals surface area contributed by atoms with Crippen molar-refractivity contribution in [3.8, 4) is 5.88 Å². The van der Waals surface area contributed by atoms with E-state index in [1.165, 1.54) is 5.56 Å². The molecule has 1 fully saturated rings. The van der Waals surface area contributed by atoms with E-state index >= 15 is 0 Å². The van der Waals surface area contributed by atoms with Gasteiger partial charge in [0.25, 0.3) is 0 Å². The van der Waals surface area contributed by atoms with Crippen molar-refractivity contribution in [1.82, 2.24) is 15.6 Å². The van der Waals surface area contributed by atoms with Crippen LogP contribution in [0.1, 0.15) is 35.7 Å². The predicted octanol–water partition coefficient (Wildman–Crippen LogP) is 2.19. The molecule has 0 spiro atoms. The Morgan fingerprint density at radius 2 is 2.11 bits per heavy atom. The molecule has 0 saturated carbocycles. The summed E-state index contributed by atoms with van der Waals surface area (Å²) >= 11 is 0. The molecule has 1 saturated heterocycles. The number of aromatic nitrogens is 1. The van der Waals surface area contributed by atoms with Crippen molar-refractivity contribution < 1.29 is 9.53 Å². The van der Waals surface area contributed by atoms with Gasteiger partial charge in [0, 0.05) is 44.1 Å². The second kappa shape index (κ2) is 7.66. The van der Waals surface area contributed by atoms with Crippen molar-refractivity contribution >= 4 is 11.6 Å². The molecule has 27 heavy (non-hydrogen) atoms. The second-order valence-electron chi connectivity index (χ2n) is 7.19. The molecule has 2 aliphatic rings. The first-order valence-electron chi connectivity index (χ1n) is 9.52. The predicted molar refractivity (Wildman–Crippen MR) is 105 cm³/mol. The van der Waals surface area contributed by atoms with Crippen molar-refractivity contribution in [3.63, 3.8) is 0 Å². The third-order valence-electron chi connectivity index (χ3n) is 5.56. The summed E-state index contributed by atoms with van der Waals surface area (Å²) in [6, 6.07) is 13.2. The van der Waals surface area contributed by atoms with E-state index in [0.29, 0.717) is 37.4 Å². The van der Waals surface area contributed by atoms with Crippen molar-refractivity contribution in [2.45, 2.75) is 37.9 Å². The molecular weight excluding hydrogens is 340 g/mol. The maximum absolute atomic E-state index is 12.0. The SMILES string of the molecule is COc1nc2c(cc1CNC1CCNC1c1ccccc1)N(C)C(=O)CC2. The Bertz CT molecular complexity index is 824. The van der Waals surface area contributed by atoms with Crippen molar-refractivity contribution in [2.24, 2.45) is 0 Å². The fourth-order valence-corrected chi connectivity index (χ4v) is 4.04. The summed E-state index contributed by atoms with van der Waals surface area (Å²) in [6.45, 7) is 1.65. The van der Waals surface area contributed by atoms with Gasteiger partial charge in [0.2, 0.25) is 11.8 Å². The summed E-state index contributed by atoms with van der Waals surface area (Å²) in [7, 11) is 3.47. The Morgan fingerprint density at radius 1 is 1.30 bits per heavy atom. The van der Waals surface area contributed by atoms with E-state index in [1.807, 2.05) is 19.2 Å². The van der Waals surface area contributed by atoms with Gasteiger partial charge in [-0.25, -0.2) is 4.98 Å². The monoisotopic (exact) mass is 366 g/mol. The minimum atomic E-state index is 0.137. The first-order chi connectivity index (χ1) is 13.2. The van der Waals surface area contributed by atoms with Gasteiger partial charge in [-0.05, 0) is 24.6 Å². The minimum absolute atomic E-state index is 0.137. The smallest absolute Gasteiger partial charge is 0.227 e. The summed E-state index contributed by atoms with van der Waals surface area (Å²) in [4.78, 5) is 18.4. The highest BCUT2D eigenvalue weighted by molar-refractivity contribution is 5.95. The molecule has 0 aliphatic carbocycles. The Morgan fingerprint density at radius 3 is 2.89 bits per heavy atom. The molecule has 2 aromatic rings. The van der Waals surface area contributed by atoms with Crippen molar-refractivity contribution in [1.29, 1.82) is 0 Å². The van der Waals surface area contributed by atoms with Crippen LogP contribution in [-0.4, -0.2) is 37.6 Å². The van der Waals surface area contributed by atoms with Crippen molar-refractivity contribution in [2.75, 3.05) is 25.6 Å². The Labute approximate surface area is 159 Å². The molecule has 6 heteroatoms. The lowest BCUT2D eigenvalue weighted by Crippen LogP contribution is -2.35. The number of benzene rings is 1. The van der Waals surface area contributed by atoms with Crippen LogP contribution in [0.5, 0.6) is 5.88 Å². The van der Waals surface area contributed by atoms with Crippen LogP contribution in [0.2, 0.25) is 0 Å². The third kappa shape index (κ3) is 3.55. The van der Waals surface area contributed by atoms with E-state index in [0.717, 1.165) is 29.9 Å². The van der Waals surface area contributed by atoms with E-state index in [2.05, 4.69) is 39.9 Å². The lowest BCUT2D eigenvalue weighted by atomic mass is 10.0. The van der Waals surface area contributed by atoms with E-state index < -0.39 is 0 Å². The van der Waals surface area contributed by atoms with E-state index in [9.17, 15) is 4.79 Å². The van der Waals surface area contributed by atoms with E-state index in [-0.39, 0.29) is 5.91 Å². The molecule has 4 rings (SSSR count). The maximum Gasteiger partial charge on any atom is 0.227 e. The topological polar surface area (TPSA) is 66.5 Å². The van der Waals surface area contributed by atoms with Gasteiger partial charge >= 0.3 is 0 Å². The number of amides is 1. The zero-order valence-electron chi connectivity index (χ0n) is 15.9. The Hall–Kier alpha value is -2.44. The molecule has 1 aromatic carbocycles. The number of carbonyl (C=O) groups excluding carboxylic acids is 1. The standard InChI is InChI=1S/C21H26N4O2/c1-25-18-12-15(21(27-2)24-16(18)8-9-19(25)26)13-23-17-10-11-22-20(17)14-6-4-3-5-7-14/h3-7,12,17,20,22-23H,8-11,13H2,1-2H3. The number of ether oxygens (including phenoxy) is 1. The molecular formula is C21H26N4O2. The highest BCUT2D eigenvalue weighted by atomic mass is 16.5. The normalized spacial score (nSPS) is 22.0. The van der Waals surface area contributed by atoms with Gasteiger partial charge in [0.15, 0.2) is 0 Å². The number of aryl methyl sites for hydroxylation is 1. The molecule has 6 nitrogen and oxygen atoms in total. The number of methoxy groups -OCH3 is 1. The molecule has 0 bridgehead atoms. The number of anilines is 1. The number of hydrogen-bond donors (Lipinski definition) is 2. The summed E-state index contributed by atoms with van der Waals surface area (Å²) in [5, 5.41) is 7.26. The molecule has 1 aromatic heterocycles. The Kier molecular flexibility index (Phi) is 5.09. The number of pyridine rings is 1. The summed E-state index contributed by atoms with van der Waals surface area (Å²) < 4.78 is 5.53. The van der Waals surface area contributed by atoms with Crippen LogP contribution >= 0.6 is 0 Å². The van der Waals surface area contributed by atoms with E-state index in [1.54, 1.807) is 12.0 Å². The number of hydrogen-bond acceptors (Lipinski definition) is 5. The number of rotatable bonds is 5. The highest BCUT2D eigenvalue weighted by Crippen LogP contribution is 2.31. The lowest BCUT2D eigenvalue weighted by Gasteiger charge is -2.27. The van der Waals surface area contributed by atoms with Gasteiger partial charge in [-0.15, -0.1) is 0 Å². The minimum Gasteiger partial charge on any atom is -0.481 e. The Balaban J connectivity index is 1.53. The van der Waals surface area contributed by atoms with Gasteiger partial charge in [0.05, 0.1) is 18.5 Å². The molecule has 3 heterocycles. The first-order valence-corrected chi connectivity index (χ1v) is 9.52. The van der Waals surface area contributed by atoms with E-state index in [4.69, 9.17) is 4.74 Å². The maximum atomic E-state index is 12.0. The molecule has 142 valence electrons. The van der Waals surface area contributed by atoms with Crippen LogP contribution in [0, 0.1) is 0 Å². The third-order valence-corrected chi connectivity index (χ3v) is 5.56. The van der Waals surface area contributed by atoms with Gasteiger partial charge < -0.3 is 20.3 Å². The van der Waals surface area contributed by atoms with Crippen LogP contribution in [0.25, 0.3) is 0 Å². The van der Waals surface area contributed by atoms with Crippen LogP contribution in [-0.2, 0) is 17.8 Å². The average molecular weight is 366 g/mol. The number of fused-ring (bicyclic) bond motifs is 1. The second-order valence-corrected chi connectivity index (χ2v) is 7.19. The number of carbonyl (C=O) groups is 1. The zero-order valence-corrected chi connectivity index (χ0v) is 15.9. The summed E-state index contributed by atoms with van der Waals surface area (Å²) in [5.74, 6) is 0.781. The van der Waals surface area contributed by atoms with Gasteiger partial charge in [0.1, 0.15) is 0 Å². The fourth-order valence-electron chi connectivity index (χ4n) is 4.04.